The van der Waals surface area contributed by atoms with Crippen LogP contribution in [0.25, 0.3) is 0 Å². The van der Waals surface area contributed by atoms with Gasteiger partial charge in [0.05, 0.1) is 25.4 Å². The van der Waals surface area contributed by atoms with Crippen LogP contribution >= 0.6 is 0 Å². The molecule has 0 radical (unpaired) electrons. The summed E-state index contributed by atoms with van der Waals surface area (Å²) in [6.45, 7) is 4.69. The number of hydrogen-bond donors (Lipinski definition) is 2. The number of nitrogens with zero attached hydrogens (tertiary/aromatic N) is 2. The van der Waals surface area contributed by atoms with Crippen molar-refractivity contribution in [3.8, 4) is 11.5 Å². The number of halogens is 2. The second kappa shape index (κ2) is 11.9. The van der Waals surface area contributed by atoms with E-state index in [0.717, 1.165) is 18.5 Å². The van der Waals surface area contributed by atoms with Crippen LogP contribution in [0.15, 0.2) is 33.8 Å². The molecule has 0 aliphatic carbocycles. The summed E-state index contributed by atoms with van der Waals surface area (Å²) in [5.74, 6) is 1.75. The van der Waals surface area contributed by atoms with Gasteiger partial charge in [0, 0.05) is 24.2 Å². The van der Waals surface area contributed by atoms with E-state index < -0.39 is 6.61 Å². The summed E-state index contributed by atoms with van der Waals surface area (Å²) in [5, 5.41) is 10.2. The Morgan fingerprint density at radius 1 is 1.21 bits per heavy atom. The molecule has 0 saturated carbocycles. The highest BCUT2D eigenvalue weighted by molar-refractivity contribution is 5.79. The van der Waals surface area contributed by atoms with Gasteiger partial charge in [-0.2, -0.15) is 8.78 Å². The second-order valence-electron chi connectivity index (χ2n) is 6.18. The summed E-state index contributed by atoms with van der Waals surface area (Å²) in [5.41, 5.74) is 1.40. The molecule has 0 amide bonds. The maximum Gasteiger partial charge on any atom is 0.387 e. The number of aryl methyl sites for hydroxylation is 1. The van der Waals surface area contributed by atoms with Crippen molar-refractivity contribution in [1.82, 2.24) is 15.8 Å². The molecular formula is C20H28F2N4O3. The molecule has 0 fully saturated rings. The van der Waals surface area contributed by atoms with Crippen molar-refractivity contribution in [1.29, 1.82) is 0 Å². The van der Waals surface area contributed by atoms with Crippen LogP contribution in [-0.4, -0.2) is 30.9 Å². The lowest BCUT2D eigenvalue weighted by Gasteiger charge is -2.13. The molecule has 1 aromatic heterocycles. The molecule has 0 aliphatic rings. The van der Waals surface area contributed by atoms with Crippen LogP contribution in [0.5, 0.6) is 11.5 Å². The number of guanidine groups is 1. The Balaban J connectivity index is 2.09. The zero-order valence-electron chi connectivity index (χ0n) is 17.0. The van der Waals surface area contributed by atoms with E-state index in [2.05, 4.69) is 25.5 Å². The molecule has 29 heavy (non-hydrogen) atoms. The summed E-state index contributed by atoms with van der Waals surface area (Å²) in [6, 6.07) is 6.74. The normalized spacial score (nSPS) is 11.6. The van der Waals surface area contributed by atoms with Gasteiger partial charge in [0.25, 0.3) is 0 Å². The van der Waals surface area contributed by atoms with Crippen molar-refractivity contribution in [2.45, 2.75) is 53.3 Å². The lowest BCUT2D eigenvalue weighted by molar-refractivity contribution is -0.0505. The quantitative estimate of drug-likeness (QED) is 0.432. The molecule has 1 heterocycles. The zero-order valence-corrected chi connectivity index (χ0v) is 17.0. The average Bonchev–Trinajstić information content (AvgIpc) is 3.17. The molecule has 0 atom stereocenters. The van der Waals surface area contributed by atoms with Gasteiger partial charge < -0.3 is 24.6 Å². The van der Waals surface area contributed by atoms with E-state index in [1.54, 1.807) is 12.1 Å². The molecule has 0 unspecified atom stereocenters. The third-order valence-electron chi connectivity index (χ3n) is 3.88. The number of aromatic nitrogens is 1. The van der Waals surface area contributed by atoms with Crippen molar-refractivity contribution < 1.29 is 22.8 Å². The molecular weight excluding hydrogens is 382 g/mol. The van der Waals surface area contributed by atoms with Crippen molar-refractivity contribution in [3.05, 3.63) is 41.3 Å². The van der Waals surface area contributed by atoms with Gasteiger partial charge in [-0.1, -0.05) is 19.0 Å². The van der Waals surface area contributed by atoms with Crippen molar-refractivity contribution in [2.75, 3.05) is 13.2 Å². The first-order valence-electron chi connectivity index (χ1n) is 9.72. The minimum absolute atomic E-state index is 0.0519. The van der Waals surface area contributed by atoms with Gasteiger partial charge in [-0.15, -0.1) is 0 Å². The molecule has 9 heteroatoms. The minimum Gasteiger partial charge on any atom is -0.493 e. The summed E-state index contributed by atoms with van der Waals surface area (Å²) in [6.07, 6.45) is 1.61. The molecule has 2 N–H and O–H groups in total. The maximum atomic E-state index is 12.8. The second-order valence-corrected chi connectivity index (χ2v) is 6.18. The predicted octanol–water partition coefficient (Wildman–Crippen LogP) is 3.88. The number of ether oxygens (including phenoxy) is 2. The number of hydrogen-bond acceptors (Lipinski definition) is 5. The van der Waals surface area contributed by atoms with Crippen LogP contribution in [0.2, 0.25) is 0 Å². The monoisotopic (exact) mass is 410 g/mol. The number of alkyl halides is 2. The van der Waals surface area contributed by atoms with Crippen molar-refractivity contribution in [2.24, 2.45) is 4.99 Å². The number of nitrogens with one attached hydrogen (secondary N) is 2. The first-order chi connectivity index (χ1) is 14.0. The molecule has 2 aromatic rings. The van der Waals surface area contributed by atoms with E-state index in [4.69, 9.17) is 9.26 Å². The lowest BCUT2D eigenvalue weighted by atomic mass is 10.2. The third kappa shape index (κ3) is 7.59. The SMILES string of the molecule is CCCOc1ccc(CN=C(NCC)NCc2cc(CC)no2)c(OC(F)F)c1. The predicted molar refractivity (Wildman–Crippen MR) is 106 cm³/mol. The van der Waals surface area contributed by atoms with E-state index >= 15 is 0 Å². The van der Waals surface area contributed by atoms with Crippen LogP contribution in [0.1, 0.15) is 44.2 Å². The highest BCUT2D eigenvalue weighted by Gasteiger charge is 2.12. The molecule has 0 spiro atoms. The Morgan fingerprint density at radius 3 is 2.69 bits per heavy atom. The highest BCUT2D eigenvalue weighted by Crippen LogP contribution is 2.27. The number of rotatable bonds is 11. The Kier molecular flexibility index (Phi) is 9.20. The van der Waals surface area contributed by atoms with Gasteiger partial charge in [-0.25, -0.2) is 4.99 Å². The van der Waals surface area contributed by atoms with Gasteiger partial charge in [-0.3, -0.25) is 0 Å². The van der Waals surface area contributed by atoms with Crippen LogP contribution in [-0.2, 0) is 19.5 Å². The zero-order chi connectivity index (χ0) is 21.1. The van der Waals surface area contributed by atoms with E-state index in [-0.39, 0.29) is 12.3 Å². The summed E-state index contributed by atoms with van der Waals surface area (Å²) in [7, 11) is 0. The van der Waals surface area contributed by atoms with Crippen molar-refractivity contribution in [3.63, 3.8) is 0 Å². The first kappa shape index (κ1) is 22.4. The number of aliphatic imine (C=N–C) groups is 1. The average molecular weight is 410 g/mol. The Hall–Kier alpha value is -2.84. The molecule has 0 bridgehead atoms. The Labute approximate surface area is 169 Å². The van der Waals surface area contributed by atoms with Crippen molar-refractivity contribution >= 4 is 5.96 Å². The van der Waals surface area contributed by atoms with Crippen LogP contribution in [0.3, 0.4) is 0 Å². The largest absolute Gasteiger partial charge is 0.493 e. The number of benzene rings is 1. The van der Waals surface area contributed by atoms with Gasteiger partial charge >= 0.3 is 6.61 Å². The fourth-order valence-corrected chi connectivity index (χ4v) is 2.46. The van der Waals surface area contributed by atoms with Gasteiger partial charge in [0.1, 0.15) is 11.5 Å². The van der Waals surface area contributed by atoms with E-state index in [1.165, 1.54) is 6.07 Å². The standard InChI is InChI=1S/C20H28F2N4O3/c1-4-9-27-16-8-7-14(18(11-16)28-19(21)22)12-24-20(23-6-3)25-13-17-10-15(5-2)26-29-17/h7-8,10-11,19H,4-6,9,12-13H2,1-3H3,(H2,23,24,25). The molecule has 7 nitrogen and oxygen atoms in total. The molecule has 2 rings (SSSR count). The van der Waals surface area contributed by atoms with Gasteiger partial charge in [0.15, 0.2) is 11.7 Å². The molecule has 160 valence electrons. The van der Waals surface area contributed by atoms with Gasteiger partial charge in [0.2, 0.25) is 0 Å². The lowest BCUT2D eigenvalue weighted by Crippen LogP contribution is -2.36. The van der Waals surface area contributed by atoms with Crippen LogP contribution in [0.4, 0.5) is 8.78 Å². The fourth-order valence-electron chi connectivity index (χ4n) is 2.46. The van der Waals surface area contributed by atoms with Crippen LogP contribution < -0.4 is 20.1 Å². The summed E-state index contributed by atoms with van der Waals surface area (Å²) in [4.78, 5) is 4.45. The van der Waals surface area contributed by atoms with E-state index in [9.17, 15) is 8.78 Å². The summed E-state index contributed by atoms with van der Waals surface area (Å²) < 4.78 is 41.0. The maximum absolute atomic E-state index is 12.8. The Morgan fingerprint density at radius 2 is 2.03 bits per heavy atom. The Bertz CT molecular complexity index is 781. The fraction of sp³-hybridized carbons (Fsp3) is 0.500. The highest BCUT2D eigenvalue weighted by atomic mass is 19.3. The van der Waals surface area contributed by atoms with E-state index in [0.29, 0.717) is 42.7 Å². The van der Waals surface area contributed by atoms with Gasteiger partial charge in [-0.05, 0) is 31.9 Å². The molecule has 1 aromatic carbocycles. The van der Waals surface area contributed by atoms with Crippen LogP contribution in [0, 0.1) is 0 Å². The first-order valence-corrected chi connectivity index (χ1v) is 9.72. The summed E-state index contributed by atoms with van der Waals surface area (Å²) >= 11 is 0. The third-order valence-corrected chi connectivity index (χ3v) is 3.88. The molecule has 0 saturated heterocycles. The topological polar surface area (TPSA) is 80.9 Å². The molecule has 0 aliphatic heterocycles. The van der Waals surface area contributed by atoms with E-state index in [1.807, 2.05) is 26.8 Å². The minimum atomic E-state index is -2.93. The smallest absolute Gasteiger partial charge is 0.387 e.